The zero-order valence-corrected chi connectivity index (χ0v) is 12.8. The normalized spacial score (nSPS) is 18.6. The molecule has 0 aliphatic carbocycles. The Labute approximate surface area is 120 Å². The minimum atomic E-state index is -3.01. The highest BCUT2D eigenvalue weighted by atomic mass is 35.5. The summed E-state index contributed by atoms with van der Waals surface area (Å²) in [5, 5.41) is 0. The Morgan fingerprint density at radius 3 is 2.16 bits per heavy atom. The minimum Gasteiger partial charge on any atom is -0.213 e. The molecule has 0 unspecified atom stereocenters. The number of benzene rings is 1. The van der Waals surface area contributed by atoms with Crippen LogP contribution in [0.5, 0.6) is 0 Å². The topological polar surface area (TPSA) is 37.4 Å². The van der Waals surface area contributed by atoms with Crippen molar-refractivity contribution in [3.05, 3.63) is 35.4 Å². The van der Waals surface area contributed by atoms with Crippen LogP contribution in [0.3, 0.4) is 0 Å². The zero-order chi connectivity index (χ0) is 13.9. The Morgan fingerprint density at radius 2 is 1.68 bits per heavy atom. The molecule has 2 rings (SSSR count). The van der Waals surface area contributed by atoms with Crippen molar-refractivity contribution in [2.24, 2.45) is 5.92 Å². The van der Waals surface area contributed by atoms with E-state index in [0.29, 0.717) is 24.9 Å². The van der Waals surface area contributed by atoms with Gasteiger partial charge in [0.05, 0.1) is 6.26 Å². The number of rotatable bonds is 4. The van der Waals surface area contributed by atoms with E-state index < -0.39 is 10.0 Å². The number of halogens is 1. The molecule has 1 aliphatic rings. The van der Waals surface area contributed by atoms with Gasteiger partial charge in [0.25, 0.3) is 0 Å². The number of sulfonamides is 1. The van der Waals surface area contributed by atoms with E-state index in [1.54, 1.807) is 4.31 Å². The third-order valence-corrected chi connectivity index (χ3v) is 5.36. The van der Waals surface area contributed by atoms with E-state index in [4.69, 9.17) is 11.6 Å². The molecule has 5 heteroatoms. The first-order valence-corrected chi connectivity index (χ1v) is 8.96. The van der Waals surface area contributed by atoms with Gasteiger partial charge in [-0.25, -0.2) is 12.7 Å². The summed E-state index contributed by atoms with van der Waals surface area (Å²) in [7, 11) is -3.01. The highest BCUT2D eigenvalue weighted by Crippen LogP contribution is 2.23. The number of hydrogen-bond acceptors (Lipinski definition) is 2. The van der Waals surface area contributed by atoms with Crippen LogP contribution in [0.2, 0.25) is 0 Å². The van der Waals surface area contributed by atoms with E-state index >= 15 is 0 Å². The Hall–Kier alpha value is -0.580. The summed E-state index contributed by atoms with van der Waals surface area (Å²) in [5.74, 6) is 1.13. The van der Waals surface area contributed by atoms with Crippen molar-refractivity contribution in [1.29, 1.82) is 0 Å². The highest BCUT2D eigenvalue weighted by molar-refractivity contribution is 7.88. The lowest BCUT2D eigenvalue weighted by Gasteiger charge is -2.30. The summed E-state index contributed by atoms with van der Waals surface area (Å²) in [5.41, 5.74) is 2.45. The first-order chi connectivity index (χ1) is 8.99. The zero-order valence-electron chi connectivity index (χ0n) is 11.2. The number of piperidine rings is 1. The van der Waals surface area contributed by atoms with Crippen LogP contribution in [0, 0.1) is 5.92 Å². The molecule has 1 heterocycles. The van der Waals surface area contributed by atoms with E-state index in [9.17, 15) is 8.42 Å². The second-order valence-corrected chi connectivity index (χ2v) is 7.51. The minimum absolute atomic E-state index is 0.549. The van der Waals surface area contributed by atoms with Crippen molar-refractivity contribution in [3.63, 3.8) is 0 Å². The lowest BCUT2D eigenvalue weighted by molar-refractivity contribution is 0.274. The molecule has 1 fully saturated rings. The molecule has 1 aliphatic heterocycles. The van der Waals surface area contributed by atoms with Gasteiger partial charge in [-0.2, -0.15) is 0 Å². The van der Waals surface area contributed by atoms with Gasteiger partial charge in [-0.05, 0) is 36.3 Å². The highest BCUT2D eigenvalue weighted by Gasteiger charge is 2.24. The van der Waals surface area contributed by atoms with Crippen LogP contribution < -0.4 is 0 Å². The fraction of sp³-hybridized carbons (Fsp3) is 0.571. The van der Waals surface area contributed by atoms with Crippen LogP contribution in [0.1, 0.15) is 24.0 Å². The summed E-state index contributed by atoms with van der Waals surface area (Å²) in [6.07, 6.45) is 4.22. The predicted octanol–water partition coefficient (Wildman–Crippen LogP) is 2.64. The van der Waals surface area contributed by atoms with E-state index in [-0.39, 0.29) is 0 Å². The van der Waals surface area contributed by atoms with E-state index in [0.717, 1.165) is 24.8 Å². The molecular formula is C14H20ClNO2S. The lowest BCUT2D eigenvalue weighted by Crippen LogP contribution is -2.38. The first kappa shape index (κ1) is 14.8. The largest absolute Gasteiger partial charge is 0.213 e. The van der Waals surface area contributed by atoms with Crippen molar-refractivity contribution < 1.29 is 8.42 Å². The number of nitrogens with zero attached hydrogens (tertiary/aromatic N) is 1. The van der Waals surface area contributed by atoms with Crippen LogP contribution >= 0.6 is 11.6 Å². The maximum absolute atomic E-state index is 11.4. The molecule has 19 heavy (non-hydrogen) atoms. The quantitative estimate of drug-likeness (QED) is 0.802. The molecule has 106 valence electrons. The molecule has 0 atom stereocenters. The SMILES string of the molecule is CS(=O)(=O)N1CCC(Cc2ccc(CCl)cc2)CC1. The van der Waals surface area contributed by atoms with Crippen molar-refractivity contribution in [3.8, 4) is 0 Å². The third kappa shape index (κ3) is 4.20. The molecule has 0 amide bonds. The van der Waals surface area contributed by atoms with Gasteiger partial charge in [-0.3, -0.25) is 0 Å². The molecule has 0 radical (unpaired) electrons. The fourth-order valence-corrected chi connectivity index (χ4v) is 3.60. The maximum Gasteiger partial charge on any atom is 0.211 e. The average molecular weight is 302 g/mol. The average Bonchev–Trinajstić information content (AvgIpc) is 2.39. The summed E-state index contributed by atoms with van der Waals surface area (Å²) < 4.78 is 24.5. The predicted molar refractivity (Wildman–Crippen MR) is 78.8 cm³/mol. The van der Waals surface area contributed by atoms with E-state index in [1.165, 1.54) is 11.8 Å². The molecule has 1 aromatic rings. The van der Waals surface area contributed by atoms with Gasteiger partial charge in [0.2, 0.25) is 10.0 Å². The Bertz CT molecular complexity index is 505. The summed E-state index contributed by atoms with van der Waals surface area (Å²) in [6, 6.07) is 8.38. The third-order valence-electron chi connectivity index (χ3n) is 3.74. The van der Waals surface area contributed by atoms with Gasteiger partial charge >= 0.3 is 0 Å². The summed E-state index contributed by atoms with van der Waals surface area (Å²) in [6.45, 7) is 1.31. The Morgan fingerprint density at radius 1 is 1.16 bits per heavy atom. The molecule has 0 aromatic heterocycles. The van der Waals surface area contributed by atoms with Crippen molar-refractivity contribution >= 4 is 21.6 Å². The number of hydrogen-bond donors (Lipinski definition) is 0. The van der Waals surface area contributed by atoms with Gasteiger partial charge < -0.3 is 0 Å². The summed E-state index contributed by atoms with van der Waals surface area (Å²) >= 11 is 5.77. The van der Waals surface area contributed by atoms with Gasteiger partial charge in [0, 0.05) is 19.0 Å². The van der Waals surface area contributed by atoms with Crippen LogP contribution in [-0.4, -0.2) is 32.1 Å². The summed E-state index contributed by atoms with van der Waals surface area (Å²) in [4.78, 5) is 0. The van der Waals surface area contributed by atoms with Gasteiger partial charge in [0.1, 0.15) is 0 Å². The Kier molecular flexibility index (Phi) is 4.87. The second-order valence-electron chi connectivity index (χ2n) is 5.26. The smallest absolute Gasteiger partial charge is 0.211 e. The molecule has 3 nitrogen and oxygen atoms in total. The van der Waals surface area contributed by atoms with Gasteiger partial charge in [-0.1, -0.05) is 24.3 Å². The van der Waals surface area contributed by atoms with Crippen LogP contribution in [0.25, 0.3) is 0 Å². The number of alkyl halides is 1. The van der Waals surface area contributed by atoms with E-state index in [1.807, 2.05) is 0 Å². The van der Waals surface area contributed by atoms with E-state index in [2.05, 4.69) is 24.3 Å². The molecule has 0 N–H and O–H groups in total. The van der Waals surface area contributed by atoms with Gasteiger partial charge in [-0.15, -0.1) is 11.6 Å². The van der Waals surface area contributed by atoms with Crippen LogP contribution in [-0.2, 0) is 22.3 Å². The van der Waals surface area contributed by atoms with Crippen molar-refractivity contribution in [2.75, 3.05) is 19.3 Å². The fourth-order valence-electron chi connectivity index (χ4n) is 2.54. The molecule has 0 bridgehead atoms. The van der Waals surface area contributed by atoms with Crippen molar-refractivity contribution in [1.82, 2.24) is 4.31 Å². The van der Waals surface area contributed by atoms with Crippen LogP contribution in [0.4, 0.5) is 0 Å². The van der Waals surface area contributed by atoms with Crippen LogP contribution in [0.15, 0.2) is 24.3 Å². The monoisotopic (exact) mass is 301 g/mol. The standard InChI is InChI=1S/C14H20ClNO2S/c1-19(17,18)16-8-6-13(7-9-16)10-12-2-4-14(11-15)5-3-12/h2-5,13H,6-11H2,1H3. The van der Waals surface area contributed by atoms with Crippen molar-refractivity contribution in [2.45, 2.75) is 25.1 Å². The first-order valence-electron chi connectivity index (χ1n) is 6.58. The molecular weight excluding hydrogens is 282 g/mol. The molecule has 0 spiro atoms. The molecule has 0 saturated carbocycles. The lowest BCUT2D eigenvalue weighted by atomic mass is 9.91. The maximum atomic E-state index is 11.4. The second kappa shape index (κ2) is 6.25. The molecule has 1 saturated heterocycles. The molecule has 1 aromatic carbocycles. The van der Waals surface area contributed by atoms with Gasteiger partial charge in [0.15, 0.2) is 0 Å². The Balaban J connectivity index is 1.88.